The maximum absolute atomic E-state index is 13.0. The van der Waals surface area contributed by atoms with Crippen LogP contribution in [0.2, 0.25) is 0 Å². The molecule has 2 aromatic carbocycles. The standard InChI is InChI=1S/C26H34NO5Si/c1-25(2,3)18-12-14-21(15-13-18)33(20-10-8-7-9-11-20)32-19-16-22(31-24(29)30)27(17-19)23(28)26(4,5)6/h7-15,19,22H,16-17H2,1-6H3,(H,29,30). The van der Waals surface area contributed by atoms with Gasteiger partial charge < -0.3 is 19.2 Å². The minimum atomic E-state index is -1.62. The van der Waals surface area contributed by atoms with E-state index < -0.39 is 26.8 Å². The van der Waals surface area contributed by atoms with Crippen molar-refractivity contribution in [2.45, 2.75) is 65.7 Å². The molecule has 0 aromatic heterocycles. The van der Waals surface area contributed by atoms with E-state index in [1.807, 2.05) is 39.0 Å². The zero-order chi connectivity index (χ0) is 24.4. The van der Waals surface area contributed by atoms with Gasteiger partial charge in [-0.3, -0.25) is 4.79 Å². The minimum Gasteiger partial charge on any atom is -0.450 e. The molecule has 3 rings (SSSR count). The molecule has 2 atom stereocenters. The Morgan fingerprint density at radius 3 is 2.03 bits per heavy atom. The molecule has 0 aliphatic carbocycles. The van der Waals surface area contributed by atoms with Crippen molar-refractivity contribution in [3.8, 4) is 0 Å². The van der Waals surface area contributed by atoms with Crippen LogP contribution in [0, 0.1) is 5.41 Å². The number of nitrogens with zero attached hydrogens (tertiary/aromatic N) is 1. The van der Waals surface area contributed by atoms with Gasteiger partial charge in [-0.1, -0.05) is 96.1 Å². The molecule has 0 saturated carbocycles. The Morgan fingerprint density at radius 2 is 1.52 bits per heavy atom. The lowest BCUT2D eigenvalue weighted by molar-refractivity contribution is -0.147. The summed E-state index contributed by atoms with van der Waals surface area (Å²) in [5.41, 5.74) is 0.656. The SMILES string of the molecule is CC(C)(C)C(=O)N1CC(O[Si](c2ccccc2)c2ccc(C(C)(C)C)cc2)CC1OC(=O)O. The van der Waals surface area contributed by atoms with E-state index in [-0.39, 0.29) is 17.4 Å². The van der Waals surface area contributed by atoms with Gasteiger partial charge in [0.25, 0.3) is 9.04 Å². The highest BCUT2D eigenvalue weighted by molar-refractivity contribution is 6.80. The average Bonchev–Trinajstić information content (AvgIpc) is 3.12. The number of rotatable bonds is 5. The highest BCUT2D eigenvalue weighted by Crippen LogP contribution is 2.28. The van der Waals surface area contributed by atoms with Gasteiger partial charge in [0.1, 0.15) is 0 Å². The molecule has 7 heteroatoms. The fourth-order valence-electron chi connectivity index (χ4n) is 3.90. The van der Waals surface area contributed by atoms with Gasteiger partial charge in [0.05, 0.1) is 6.10 Å². The van der Waals surface area contributed by atoms with E-state index >= 15 is 0 Å². The summed E-state index contributed by atoms with van der Waals surface area (Å²) in [5.74, 6) is -0.150. The number of amides is 1. The third-order valence-electron chi connectivity index (χ3n) is 5.69. The summed E-state index contributed by atoms with van der Waals surface area (Å²) in [6.07, 6.45) is -2.24. The van der Waals surface area contributed by atoms with E-state index in [1.165, 1.54) is 10.5 Å². The molecule has 2 aromatic rings. The number of carbonyl (C=O) groups is 2. The maximum atomic E-state index is 13.0. The number of carboxylic acid groups (broad SMARTS) is 1. The van der Waals surface area contributed by atoms with Crippen LogP contribution in [-0.4, -0.2) is 50.0 Å². The van der Waals surface area contributed by atoms with E-state index in [0.29, 0.717) is 13.0 Å². The predicted octanol–water partition coefficient (Wildman–Crippen LogP) is 3.77. The molecular weight excluding hydrogens is 434 g/mol. The molecule has 2 unspecified atom stereocenters. The van der Waals surface area contributed by atoms with Crippen LogP contribution in [0.1, 0.15) is 53.5 Å². The van der Waals surface area contributed by atoms with E-state index in [2.05, 4.69) is 57.2 Å². The lowest BCUT2D eigenvalue weighted by Crippen LogP contribution is -2.48. The molecule has 33 heavy (non-hydrogen) atoms. The third-order valence-corrected chi connectivity index (χ3v) is 7.97. The molecule has 1 aliphatic heterocycles. The summed E-state index contributed by atoms with van der Waals surface area (Å²) in [6, 6.07) is 18.6. The molecular formula is C26H34NO5Si. The number of benzene rings is 2. The molecule has 1 fully saturated rings. The van der Waals surface area contributed by atoms with Gasteiger partial charge in [-0.05, 0) is 21.4 Å². The summed E-state index contributed by atoms with van der Waals surface area (Å²) in [7, 11) is -1.62. The van der Waals surface area contributed by atoms with Gasteiger partial charge in [-0.25, -0.2) is 4.79 Å². The zero-order valence-corrected chi connectivity index (χ0v) is 21.3. The fourth-order valence-corrected chi connectivity index (χ4v) is 5.98. The highest BCUT2D eigenvalue weighted by Gasteiger charge is 2.43. The van der Waals surface area contributed by atoms with E-state index in [1.54, 1.807) is 0 Å². The van der Waals surface area contributed by atoms with Crippen molar-refractivity contribution < 1.29 is 23.9 Å². The average molecular weight is 469 g/mol. The second-order valence-electron chi connectivity index (χ2n) is 10.5. The second-order valence-corrected chi connectivity index (χ2v) is 12.6. The van der Waals surface area contributed by atoms with Crippen molar-refractivity contribution in [3.63, 3.8) is 0 Å². The first-order chi connectivity index (χ1) is 15.4. The second kappa shape index (κ2) is 9.69. The Balaban J connectivity index is 1.88. The maximum Gasteiger partial charge on any atom is 0.507 e. The fraction of sp³-hybridized carbons (Fsp3) is 0.462. The molecule has 1 radical (unpaired) electrons. The molecule has 0 bridgehead atoms. The zero-order valence-electron chi connectivity index (χ0n) is 20.3. The van der Waals surface area contributed by atoms with Crippen molar-refractivity contribution in [1.29, 1.82) is 0 Å². The number of ether oxygens (including phenoxy) is 1. The Bertz CT molecular complexity index is 963. The molecule has 1 aliphatic rings. The molecule has 1 amide bonds. The summed E-state index contributed by atoms with van der Waals surface area (Å²) in [6.45, 7) is 12.3. The smallest absolute Gasteiger partial charge is 0.450 e. The Hall–Kier alpha value is -2.64. The van der Waals surface area contributed by atoms with Crippen molar-refractivity contribution in [2.24, 2.45) is 5.41 Å². The Morgan fingerprint density at radius 1 is 0.939 bits per heavy atom. The lowest BCUT2D eigenvalue weighted by atomic mass is 9.87. The van der Waals surface area contributed by atoms with E-state index in [0.717, 1.165) is 10.4 Å². The monoisotopic (exact) mass is 468 g/mol. The van der Waals surface area contributed by atoms with Gasteiger partial charge in [0.2, 0.25) is 5.91 Å². The first-order valence-corrected chi connectivity index (χ1v) is 12.7. The minimum absolute atomic E-state index is 0.0553. The predicted molar refractivity (Wildman–Crippen MR) is 130 cm³/mol. The van der Waals surface area contributed by atoms with Gasteiger partial charge in [-0.15, -0.1) is 0 Å². The van der Waals surface area contributed by atoms with Crippen LogP contribution in [0.15, 0.2) is 54.6 Å². The summed E-state index contributed by atoms with van der Waals surface area (Å²) >= 11 is 0. The third kappa shape index (κ3) is 6.24. The first-order valence-electron chi connectivity index (χ1n) is 11.3. The van der Waals surface area contributed by atoms with Gasteiger partial charge in [-0.2, -0.15) is 0 Å². The molecule has 0 spiro atoms. The number of hydrogen-bond donors (Lipinski definition) is 1. The number of carbonyl (C=O) groups excluding carboxylic acids is 1. The van der Waals surface area contributed by atoms with Gasteiger partial charge in [0, 0.05) is 18.4 Å². The normalized spacial score (nSPS) is 19.1. The largest absolute Gasteiger partial charge is 0.507 e. The van der Waals surface area contributed by atoms with Crippen molar-refractivity contribution >= 4 is 31.5 Å². The molecule has 6 nitrogen and oxygen atoms in total. The van der Waals surface area contributed by atoms with Gasteiger partial charge >= 0.3 is 6.16 Å². The van der Waals surface area contributed by atoms with Crippen LogP contribution in [0.4, 0.5) is 4.79 Å². The summed E-state index contributed by atoms with van der Waals surface area (Å²) < 4.78 is 11.7. The van der Waals surface area contributed by atoms with E-state index in [4.69, 9.17) is 9.16 Å². The molecule has 1 saturated heterocycles. The quantitative estimate of drug-likeness (QED) is 0.534. The van der Waals surface area contributed by atoms with Crippen LogP contribution in [-0.2, 0) is 19.4 Å². The van der Waals surface area contributed by atoms with Crippen molar-refractivity contribution in [3.05, 3.63) is 60.2 Å². The molecule has 1 N–H and O–H groups in total. The summed E-state index contributed by atoms with van der Waals surface area (Å²) in [5, 5.41) is 11.4. The first kappa shape index (κ1) is 25.0. The van der Waals surface area contributed by atoms with E-state index in [9.17, 15) is 14.7 Å². The topological polar surface area (TPSA) is 76.1 Å². The van der Waals surface area contributed by atoms with Crippen LogP contribution in [0.5, 0.6) is 0 Å². The summed E-state index contributed by atoms with van der Waals surface area (Å²) in [4.78, 5) is 25.7. The Kier molecular flexibility index (Phi) is 7.34. The molecule has 177 valence electrons. The highest BCUT2D eigenvalue weighted by atomic mass is 28.3. The van der Waals surface area contributed by atoms with Crippen LogP contribution >= 0.6 is 0 Å². The van der Waals surface area contributed by atoms with Crippen LogP contribution < -0.4 is 10.4 Å². The van der Waals surface area contributed by atoms with Crippen molar-refractivity contribution in [1.82, 2.24) is 4.90 Å². The lowest BCUT2D eigenvalue weighted by Gasteiger charge is -2.29. The number of hydrogen-bond acceptors (Lipinski definition) is 4. The number of likely N-dealkylation sites (tertiary alicyclic amines) is 1. The molecule has 1 heterocycles. The van der Waals surface area contributed by atoms with Crippen LogP contribution in [0.25, 0.3) is 0 Å². The van der Waals surface area contributed by atoms with Crippen molar-refractivity contribution in [2.75, 3.05) is 6.54 Å². The van der Waals surface area contributed by atoms with Gasteiger partial charge in [0.15, 0.2) is 6.23 Å². The Labute approximate surface area is 198 Å². The van der Waals surface area contributed by atoms with Crippen LogP contribution in [0.3, 0.4) is 0 Å².